The second-order valence-electron chi connectivity index (χ2n) is 8.82. The summed E-state index contributed by atoms with van der Waals surface area (Å²) in [6.45, 7) is 9.77. The fourth-order valence-electron chi connectivity index (χ4n) is 3.43. The van der Waals surface area contributed by atoms with Gasteiger partial charge < -0.3 is 15.4 Å². The Morgan fingerprint density at radius 1 is 1.03 bits per heavy atom. The maximum Gasteiger partial charge on any atom is 0.407 e. The predicted octanol–water partition coefficient (Wildman–Crippen LogP) is 3.98. The molecule has 1 aliphatic heterocycles. The van der Waals surface area contributed by atoms with Crippen LogP contribution < -0.4 is 10.6 Å². The Bertz CT molecular complexity index is 647. The largest absolute Gasteiger partial charge is 0.444 e. The van der Waals surface area contributed by atoms with Crippen LogP contribution in [0, 0.1) is 0 Å². The third kappa shape index (κ3) is 10.3. The van der Waals surface area contributed by atoms with E-state index in [0.717, 1.165) is 12.1 Å². The second kappa shape index (κ2) is 11.8. The monoisotopic (exact) mass is 403 g/mol. The van der Waals surface area contributed by atoms with E-state index in [9.17, 15) is 9.59 Å². The maximum absolute atomic E-state index is 12.1. The number of nitrogens with zero attached hydrogens (tertiary/aromatic N) is 1. The quantitative estimate of drug-likeness (QED) is 0.644. The third-order valence-corrected chi connectivity index (χ3v) is 4.83. The van der Waals surface area contributed by atoms with Crippen LogP contribution in [0.5, 0.6) is 0 Å². The summed E-state index contributed by atoms with van der Waals surface area (Å²) in [7, 11) is 0. The minimum atomic E-state index is -0.511. The van der Waals surface area contributed by atoms with Gasteiger partial charge in [-0.25, -0.2) is 4.79 Å². The van der Waals surface area contributed by atoms with Crippen LogP contribution in [0.4, 0.5) is 4.79 Å². The molecule has 1 heterocycles. The summed E-state index contributed by atoms with van der Waals surface area (Å²) in [4.78, 5) is 26.2. The molecular formula is C23H37N3O3. The smallest absolute Gasteiger partial charge is 0.407 e. The number of hydrogen-bond acceptors (Lipinski definition) is 4. The molecule has 2 rings (SSSR count). The summed E-state index contributed by atoms with van der Waals surface area (Å²) in [5, 5.41) is 5.64. The Balaban J connectivity index is 1.66. The van der Waals surface area contributed by atoms with Gasteiger partial charge in [0.2, 0.25) is 5.91 Å². The molecule has 29 heavy (non-hydrogen) atoms. The fraction of sp³-hybridized carbons (Fsp3) is 0.652. The van der Waals surface area contributed by atoms with Gasteiger partial charge in [0, 0.05) is 26.1 Å². The van der Waals surface area contributed by atoms with Crippen LogP contribution in [0.2, 0.25) is 0 Å². The molecule has 162 valence electrons. The minimum Gasteiger partial charge on any atom is -0.444 e. The summed E-state index contributed by atoms with van der Waals surface area (Å²) in [5.41, 5.74) is 1.92. The highest BCUT2D eigenvalue weighted by Gasteiger charge is 2.15. The number of benzene rings is 1. The first kappa shape index (κ1) is 23.2. The van der Waals surface area contributed by atoms with Gasteiger partial charge in [0.25, 0.3) is 0 Å². The van der Waals surface area contributed by atoms with Crippen LogP contribution in [0.15, 0.2) is 24.3 Å². The molecule has 6 nitrogen and oxygen atoms in total. The van der Waals surface area contributed by atoms with E-state index in [0.29, 0.717) is 25.9 Å². The summed E-state index contributed by atoms with van der Waals surface area (Å²) in [6, 6.07) is 8.48. The standard InChI is InChI=1S/C23H37N3O3/c1-23(2,3)29-22(28)24-13-9-12-21(27)25-17-19-10-8-11-20(16-19)18-26-14-6-4-5-7-15-26/h8,10-11,16H,4-7,9,12-15,17-18H2,1-3H3,(H,24,28)(H,25,27). The molecule has 0 radical (unpaired) electrons. The van der Waals surface area contributed by atoms with Gasteiger partial charge in [0.15, 0.2) is 0 Å². The van der Waals surface area contributed by atoms with Crippen molar-refractivity contribution in [2.75, 3.05) is 19.6 Å². The van der Waals surface area contributed by atoms with Gasteiger partial charge in [-0.3, -0.25) is 9.69 Å². The third-order valence-electron chi connectivity index (χ3n) is 4.83. The highest BCUT2D eigenvalue weighted by atomic mass is 16.6. The molecule has 0 unspecified atom stereocenters. The average Bonchev–Trinajstić information content (AvgIpc) is 2.91. The van der Waals surface area contributed by atoms with E-state index in [2.05, 4.69) is 39.8 Å². The minimum absolute atomic E-state index is 0.00564. The lowest BCUT2D eigenvalue weighted by atomic mass is 10.1. The number of alkyl carbamates (subject to hydrolysis) is 1. The molecule has 1 aromatic rings. The lowest BCUT2D eigenvalue weighted by molar-refractivity contribution is -0.121. The van der Waals surface area contributed by atoms with E-state index in [-0.39, 0.29) is 5.91 Å². The molecule has 0 saturated carbocycles. The van der Waals surface area contributed by atoms with Crippen LogP contribution in [-0.4, -0.2) is 42.1 Å². The summed E-state index contributed by atoms with van der Waals surface area (Å²) >= 11 is 0. The van der Waals surface area contributed by atoms with Crippen molar-refractivity contribution in [2.24, 2.45) is 0 Å². The van der Waals surface area contributed by atoms with Crippen LogP contribution >= 0.6 is 0 Å². The van der Waals surface area contributed by atoms with Crippen molar-refractivity contribution in [3.63, 3.8) is 0 Å². The molecule has 6 heteroatoms. The highest BCUT2D eigenvalue weighted by Crippen LogP contribution is 2.14. The van der Waals surface area contributed by atoms with E-state index < -0.39 is 11.7 Å². The van der Waals surface area contributed by atoms with Crippen LogP contribution in [0.3, 0.4) is 0 Å². The maximum atomic E-state index is 12.1. The Kier molecular flexibility index (Phi) is 9.45. The Labute approximate surface area is 175 Å². The molecule has 2 amide bonds. The molecule has 1 saturated heterocycles. The first-order chi connectivity index (χ1) is 13.8. The van der Waals surface area contributed by atoms with Gasteiger partial charge in [0.1, 0.15) is 5.60 Å². The van der Waals surface area contributed by atoms with Crippen molar-refractivity contribution in [2.45, 2.75) is 78.0 Å². The zero-order valence-electron chi connectivity index (χ0n) is 18.3. The topological polar surface area (TPSA) is 70.7 Å². The Hall–Kier alpha value is -2.08. The number of carbonyl (C=O) groups is 2. The summed E-state index contributed by atoms with van der Waals surface area (Å²) < 4.78 is 5.17. The Morgan fingerprint density at radius 3 is 2.41 bits per heavy atom. The number of ether oxygens (including phenoxy) is 1. The second-order valence-corrected chi connectivity index (χ2v) is 8.82. The number of carbonyl (C=O) groups excluding carboxylic acids is 2. The van der Waals surface area contributed by atoms with Crippen LogP contribution in [0.25, 0.3) is 0 Å². The zero-order valence-corrected chi connectivity index (χ0v) is 18.3. The average molecular weight is 404 g/mol. The first-order valence-corrected chi connectivity index (χ1v) is 10.9. The van der Waals surface area contributed by atoms with E-state index >= 15 is 0 Å². The van der Waals surface area contributed by atoms with Crippen molar-refractivity contribution >= 4 is 12.0 Å². The van der Waals surface area contributed by atoms with Crippen molar-refractivity contribution in [3.8, 4) is 0 Å². The lowest BCUT2D eigenvalue weighted by Gasteiger charge is -2.20. The van der Waals surface area contributed by atoms with Gasteiger partial charge in [-0.1, -0.05) is 37.1 Å². The van der Waals surface area contributed by atoms with Gasteiger partial charge in [0.05, 0.1) is 0 Å². The molecule has 1 fully saturated rings. The van der Waals surface area contributed by atoms with Crippen molar-refractivity contribution in [3.05, 3.63) is 35.4 Å². The molecule has 0 aliphatic carbocycles. The number of nitrogens with one attached hydrogen (secondary N) is 2. The van der Waals surface area contributed by atoms with Crippen molar-refractivity contribution < 1.29 is 14.3 Å². The molecule has 1 aromatic carbocycles. The number of likely N-dealkylation sites (tertiary alicyclic amines) is 1. The number of hydrogen-bond donors (Lipinski definition) is 2. The van der Waals surface area contributed by atoms with E-state index in [4.69, 9.17) is 4.74 Å². The molecule has 0 aromatic heterocycles. The van der Waals surface area contributed by atoms with Gasteiger partial charge >= 0.3 is 6.09 Å². The van der Waals surface area contributed by atoms with Gasteiger partial charge in [-0.05, 0) is 64.3 Å². The number of amides is 2. The fourth-order valence-corrected chi connectivity index (χ4v) is 3.43. The predicted molar refractivity (Wildman–Crippen MR) is 116 cm³/mol. The molecule has 0 atom stereocenters. The highest BCUT2D eigenvalue weighted by molar-refractivity contribution is 5.76. The summed E-state index contributed by atoms with van der Waals surface area (Å²) in [6.07, 6.45) is 5.78. The normalized spacial score (nSPS) is 15.4. The van der Waals surface area contributed by atoms with Crippen LogP contribution in [0.1, 0.15) is 70.4 Å². The molecule has 2 N–H and O–H groups in total. The van der Waals surface area contributed by atoms with E-state index in [1.54, 1.807) is 0 Å². The molecule has 0 spiro atoms. The zero-order chi connectivity index (χ0) is 21.1. The van der Waals surface area contributed by atoms with Gasteiger partial charge in [-0.2, -0.15) is 0 Å². The van der Waals surface area contributed by atoms with E-state index in [1.807, 2.05) is 20.8 Å². The lowest BCUT2D eigenvalue weighted by Crippen LogP contribution is -2.33. The van der Waals surface area contributed by atoms with Crippen LogP contribution in [-0.2, 0) is 22.6 Å². The van der Waals surface area contributed by atoms with Crippen molar-refractivity contribution in [1.82, 2.24) is 15.5 Å². The number of rotatable bonds is 8. The summed E-state index contributed by atoms with van der Waals surface area (Å²) in [5.74, 6) is -0.00564. The molecular weight excluding hydrogens is 366 g/mol. The molecule has 1 aliphatic rings. The molecule has 0 bridgehead atoms. The SMILES string of the molecule is CC(C)(C)OC(=O)NCCCC(=O)NCc1cccc(CN2CCCCCC2)c1. The van der Waals surface area contributed by atoms with Gasteiger partial charge in [-0.15, -0.1) is 0 Å². The van der Waals surface area contributed by atoms with E-state index in [1.165, 1.54) is 44.3 Å². The van der Waals surface area contributed by atoms with Crippen molar-refractivity contribution in [1.29, 1.82) is 0 Å². The first-order valence-electron chi connectivity index (χ1n) is 10.9. The Morgan fingerprint density at radius 2 is 1.72 bits per heavy atom.